The highest BCUT2D eigenvalue weighted by atomic mass is 79.9. The van der Waals surface area contributed by atoms with E-state index >= 15 is 0 Å². The van der Waals surface area contributed by atoms with E-state index in [4.69, 9.17) is 4.74 Å². The summed E-state index contributed by atoms with van der Waals surface area (Å²) in [5.41, 5.74) is 0.880. The Labute approximate surface area is 130 Å². The number of carbonyl (C=O) groups is 1. The zero-order chi connectivity index (χ0) is 15.0. The molecule has 7 nitrogen and oxygen atoms in total. The number of hydrogen-bond donors (Lipinski definition) is 1. The second-order valence-electron chi connectivity index (χ2n) is 4.90. The molecule has 0 atom stereocenters. The van der Waals surface area contributed by atoms with Crippen LogP contribution >= 0.6 is 15.9 Å². The van der Waals surface area contributed by atoms with E-state index in [1.54, 1.807) is 20.0 Å². The predicted molar refractivity (Wildman–Crippen MR) is 83.8 cm³/mol. The smallest absolute Gasteiger partial charge is 0.414 e. The molecular weight excluding hydrogens is 338 g/mol. The molecule has 3 heterocycles. The molecule has 1 N–H and O–H groups in total. The van der Waals surface area contributed by atoms with E-state index in [0.717, 1.165) is 34.8 Å². The zero-order valence-corrected chi connectivity index (χ0v) is 13.2. The van der Waals surface area contributed by atoms with Gasteiger partial charge in [0.15, 0.2) is 0 Å². The number of ether oxygens (including phenoxy) is 1. The second kappa shape index (κ2) is 5.44. The molecule has 2 aliphatic rings. The minimum absolute atomic E-state index is 0.196. The number of amides is 1. The number of nitrogens with zero attached hydrogens (tertiary/aromatic N) is 4. The Morgan fingerprint density at radius 3 is 3.10 bits per heavy atom. The molecule has 1 aromatic heterocycles. The molecule has 0 saturated heterocycles. The Bertz CT molecular complexity index is 656. The number of rotatable bonds is 2. The van der Waals surface area contributed by atoms with Gasteiger partial charge in [0, 0.05) is 18.3 Å². The number of aliphatic imine (C=N–C) groups is 1. The number of fused-ring (bicyclic) bond motifs is 3. The molecule has 8 heteroatoms. The fraction of sp³-hybridized carbons (Fsp3) is 0.385. The first-order chi connectivity index (χ1) is 10.0. The van der Waals surface area contributed by atoms with Gasteiger partial charge in [-0.15, -0.1) is 0 Å². The summed E-state index contributed by atoms with van der Waals surface area (Å²) in [5, 5.41) is 2.53. The van der Waals surface area contributed by atoms with Crippen LogP contribution in [0.4, 0.5) is 16.6 Å². The fourth-order valence-electron chi connectivity index (χ4n) is 2.15. The topological polar surface area (TPSA) is 79.7 Å². The molecule has 3 rings (SSSR count). The number of aromatic nitrogens is 2. The highest BCUT2D eigenvalue weighted by Crippen LogP contribution is 2.32. The third-order valence-electron chi connectivity index (χ3n) is 2.94. The van der Waals surface area contributed by atoms with Gasteiger partial charge in [0.1, 0.15) is 11.7 Å². The maximum atomic E-state index is 11.6. The Kier molecular flexibility index (Phi) is 3.62. The van der Waals surface area contributed by atoms with Gasteiger partial charge < -0.3 is 9.64 Å². The average Bonchev–Trinajstić information content (AvgIpc) is 2.88. The molecule has 2 aliphatic heterocycles. The van der Waals surface area contributed by atoms with Crippen LogP contribution in [0.5, 0.6) is 0 Å². The van der Waals surface area contributed by atoms with Crippen molar-refractivity contribution in [1.82, 2.24) is 9.97 Å². The van der Waals surface area contributed by atoms with Crippen LogP contribution in [0.2, 0.25) is 0 Å². The number of amidine groups is 1. The fourth-order valence-corrected chi connectivity index (χ4v) is 2.74. The lowest BCUT2D eigenvalue weighted by molar-refractivity contribution is 0.129. The number of nitrogens with one attached hydrogen (secondary N) is 1. The third kappa shape index (κ3) is 2.76. The molecule has 0 aromatic carbocycles. The van der Waals surface area contributed by atoms with Crippen molar-refractivity contribution in [2.75, 3.05) is 23.3 Å². The van der Waals surface area contributed by atoms with Gasteiger partial charge in [-0.05, 0) is 35.9 Å². The Hall–Kier alpha value is -1.96. The van der Waals surface area contributed by atoms with Crippen molar-refractivity contribution in [2.45, 2.75) is 20.0 Å². The van der Waals surface area contributed by atoms with Gasteiger partial charge in [-0.3, -0.25) is 10.3 Å². The van der Waals surface area contributed by atoms with Crippen LogP contribution in [-0.2, 0) is 4.74 Å². The van der Waals surface area contributed by atoms with Crippen molar-refractivity contribution in [1.29, 1.82) is 0 Å². The molecule has 0 fully saturated rings. The first-order valence-electron chi connectivity index (χ1n) is 6.59. The van der Waals surface area contributed by atoms with Crippen molar-refractivity contribution in [3.05, 3.63) is 16.2 Å². The number of anilines is 2. The van der Waals surface area contributed by atoms with Crippen LogP contribution < -0.4 is 10.2 Å². The minimum atomic E-state index is -0.562. The highest BCUT2D eigenvalue weighted by Gasteiger charge is 2.28. The largest absolute Gasteiger partial charge is 0.447 e. The lowest BCUT2D eigenvalue weighted by Crippen LogP contribution is -2.32. The van der Waals surface area contributed by atoms with E-state index in [1.807, 2.05) is 11.0 Å². The molecule has 1 aromatic rings. The van der Waals surface area contributed by atoms with E-state index in [2.05, 4.69) is 36.2 Å². The first kappa shape index (κ1) is 14.0. The predicted octanol–water partition coefficient (Wildman–Crippen LogP) is 2.40. The lowest BCUT2D eigenvalue weighted by Gasteiger charge is -2.25. The summed E-state index contributed by atoms with van der Waals surface area (Å²) in [6.45, 7) is 5.04. The minimum Gasteiger partial charge on any atom is -0.447 e. The summed E-state index contributed by atoms with van der Waals surface area (Å²) >= 11 is 3.49. The Morgan fingerprint density at radius 2 is 2.33 bits per heavy atom. The summed E-state index contributed by atoms with van der Waals surface area (Å²) in [6.07, 6.45) is 2.84. The van der Waals surface area contributed by atoms with E-state index in [1.165, 1.54) is 0 Å². The first-order valence-corrected chi connectivity index (χ1v) is 7.38. The van der Waals surface area contributed by atoms with Gasteiger partial charge in [-0.1, -0.05) is 0 Å². The Morgan fingerprint density at radius 1 is 1.52 bits per heavy atom. The second-order valence-corrected chi connectivity index (χ2v) is 5.76. The molecule has 1 amide bonds. The zero-order valence-electron chi connectivity index (χ0n) is 11.6. The van der Waals surface area contributed by atoms with Crippen molar-refractivity contribution in [2.24, 2.45) is 4.99 Å². The summed E-state index contributed by atoms with van der Waals surface area (Å²) in [4.78, 5) is 26.6. The van der Waals surface area contributed by atoms with E-state index < -0.39 is 6.09 Å². The third-order valence-corrected chi connectivity index (χ3v) is 3.53. The van der Waals surface area contributed by atoms with Gasteiger partial charge in [0.05, 0.1) is 17.1 Å². The molecule has 0 unspecified atom stereocenters. The van der Waals surface area contributed by atoms with Gasteiger partial charge >= 0.3 is 6.09 Å². The lowest BCUT2D eigenvalue weighted by atomic mass is 10.2. The van der Waals surface area contributed by atoms with Crippen LogP contribution in [0.3, 0.4) is 0 Å². The standard InChI is InChI=1S/C13H14BrN5O2/c1-7(2)21-13(20)18-12-16-6-8-5-9(14)11-15-3-4-19(11)10(8)17-12/h5-7H,3-4H2,1-2H3,(H,16,17,18,20). The van der Waals surface area contributed by atoms with Crippen molar-refractivity contribution >= 4 is 45.7 Å². The van der Waals surface area contributed by atoms with E-state index in [9.17, 15) is 4.79 Å². The van der Waals surface area contributed by atoms with Crippen molar-refractivity contribution < 1.29 is 9.53 Å². The van der Waals surface area contributed by atoms with E-state index in [-0.39, 0.29) is 12.1 Å². The van der Waals surface area contributed by atoms with Crippen LogP contribution in [0.1, 0.15) is 19.4 Å². The summed E-state index contributed by atoms with van der Waals surface area (Å²) < 4.78 is 5.93. The average molecular weight is 352 g/mol. The molecular formula is C13H14BrN5O2. The molecule has 0 bridgehead atoms. The molecule has 21 heavy (non-hydrogen) atoms. The van der Waals surface area contributed by atoms with E-state index in [0.29, 0.717) is 0 Å². The number of halogens is 1. The van der Waals surface area contributed by atoms with Crippen LogP contribution in [0, 0.1) is 0 Å². The van der Waals surface area contributed by atoms with Crippen molar-refractivity contribution in [3.8, 4) is 0 Å². The summed E-state index contributed by atoms with van der Waals surface area (Å²) in [6, 6.07) is 0. The SMILES string of the molecule is CC(C)OC(=O)Nc1ncc2c(n1)N1CCN=C1C(Br)=C2. The highest BCUT2D eigenvalue weighted by molar-refractivity contribution is 9.12. The number of carbonyl (C=O) groups excluding carboxylic acids is 1. The Balaban J connectivity index is 1.87. The van der Waals surface area contributed by atoms with Crippen molar-refractivity contribution in [3.63, 3.8) is 0 Å². The molecule has 0 saturated carbocycles. The van der Waals surface area contributed by atoms with Gasteiger partial charge in [0.2, 0.25) is 5.95 Å². The molecule has 0 radical (unpaired) electrons. The normalized spacial score (nSPS) is 16.1. The summed E-state index contributed by atoms with van der Waals surface area (Å²) in [5.74, 6) is 1.82. The maximum Gasteiger partial charge on any atom is 0.414 e. The van der Waals surface area contributed by atoms with Gasteiger partial charge in [-0.2, -0.15) is 4.98 Å². The van der Waals surface area contributed by atoms with Crippen LogP contribution in [0.15, 0.2) is 15.7 Å². The molecule has 0 aliphatic carbocycles. The quantitative estimate of drug-likeness (QED) is 0.884. The van der Waals surface area contributed by atoms with Gasteiger partial charge in [-0.25, -0.2) is 9.78 Å². The monoisotopic (exact) mass is 351 g/mol. The molecule has 0 spiro atoms. The van der Waals surface area contributed by atoms with Crippen LogP contribution in [-0.4, -0.2) is 41.1 Å². The van der Waals surface area contributed by atoms with Gasteiger partial charge in [0.25, 0.3) is 0 Å². The molecule has 110 valence electrons. The number of hydrogen-bond acceptors (Lipinski definition) is 6. The summed E-state index contributed by atoms with van der Waals surface area (Å²) in [7, 11) is 0. The van der Waals surface area contributed by atoms with Crippen LogP contribution in [0.25, 0.3) is 6.08 Å². The maximum absolute atomic E-state index is 11.6.